The first-order chi connectivity index (χ1) is 10.5. The largest absolute Gasteiger partial charge is 0.289 e. The van der Waals surface area contributed by atoms with Crippen LogP contribution in [-0.4, -0.2) is 20.5 Å². The minimum absolute atomic E-state index is 0.0292. The topological polar surface area (TPSA) is 78.0 Å². The van der Waals surface area contributed by atoms with E-state index in [1.807, 2.05) is 0 Å². The van der Waals surface area contributed by atoms with Crippen LogP contribution in [0.1, 0.15) is 21.6 Å². The average Bonchev–Trinajstić information content (AvgIpc) is 2.82. The number of aryl methyl sites for hydroxylation is 2. The molecule has 0 aliphatic rings. The molecule has 0 saturated carbocycles. The third-order valence-corrected chi connectivity index (χ3v) is 3.05. The maximum absolute atomic E-state index is 12.0. The highest BCUT2D eigenvalue weighted by Crippen LogP contribution is 2.18. The lowest BCUT2D eigenvalue weighted by Crippen LogP contribution is -1.94. The Bertz CT molecular complexity index is 773. The fourth-order valence-corrected chi connectivity index (χ4v) is 2.03. The minimum Gasteiger partial charge on any atom is -0.289 e. The van der Waals surface area contributed by atoms with Crippen molar-refractivity contribution < 1.29 is 9.72 Å². The van der Waals surface area contributed by atoms with Gasteiger partial charge in [0.1, 0.15) is 0 Å². The van der Waals surface area contributed by atoms with Crippen molar-refractivity contribution in [3.8, 4) is 0 Å². The molecule has 0 fully saturated rings. The van der Waals surface area contributed by atoms with Gasteiger partial charge in [0, 0.05) is 19.3 Å². The molecule has 0 saturated heterocycles. The monoisotopic (exact) mass is 297 g/mol. The van der Waals surface area contributed by atoms with E-state index in [0.717, 1.165) is 0 Å². The van der Waals surface area contributed by atoms with Gasteiger partial charge < -0.3 is 0 Å². The van der Waals surface area contributed by atoms with Gasteiger partial charge in [-0.05, 0) is 25.1 Å². The summed E-state index contributed by atoms with van der Waals surface area (Å²) in [6, 6.07) is 6.42. The first-order valence-corrected chi connectivity index (χ1v) is 6.62. The van der Waals surface area contributed by atoms with E-state index in [9.17, 15) is 14.9 Å². The first-order valence-electron chi connectivity index (χ1n) is 6.62. The number of para-hydroxylation sites is 1. The fraction of sp³-hybridized carbons (Fsp3) is 0.125. The lowest BCUT2D eigenvalue weighted by Gasteiger charge is -1.95. The highest BCUT2D eigenvalue weighted by atomic mass is 16.6. The number of nitrogens with zero attached hydrogens (tertiary/aromatic N) is 3. The number of nitro benzene ring substituents is 1. The first kappa shape index (κ1) is 15.4. The zero-order chi connectivity index (χ0) is 16.1. The van der Waals surface area contributed by atoms with Crippen molar-refractivity contribution in [3.63, 3.8) is 0 Å². The van der Waals surface area contributed by atoms with E-state index < -0.39 is 4.92 Å². The highest BCUT2D eigenvalue weighted by molar-refractivity contribution is 6.05. The van der Waals surface area contributed by atoms with Gasteiger partial charge in [-0.1, -0.05) is 24.3 Å². The van der Waals surface area contributed by atoms with Gasteiger partial charge in [0.25, 0.3) is 5.69 Å². The molecule has 0 amide bonds. The van der Waals surface area contributed by atoms with Gasteiger partial charge in [0.05, 0.1) is 21.7 Å². The third-order valence-electron chi connectivity index (χ3n) is 3.05. The summed E-state index contributed by atoms with van der Waals surface area (Å²) in [5.41, 5.74) is 1.72. The Labute approximate surface area is 127 Å². The summed E-state index contributed by atoms with van der Waals surface area (Å²) in [7, 11) is 1.75. The molecule has 0 bridgehead atoms. The van der Waals surface area contributed by atoms with E-state index in [1.165, 1.54) is 12.1 Å². The molecule has 112 valence electrons. The van der Waals surface area contributed by atoms with E-state index in [4.69, 9.17) is 0 Å². The molecule has 22 heavy (non-hydrogen) atoms. The SMILES string of the molecule is Cc1nn(C)cc1C(=O)/C=C/C=C/c1ccccc1[N+](=O)[O-]. The van der Waals surface area contributed by atoms with E-state index in [0.29, 0.717) is 16.8 Å². The van der Waals surface area contributed by atoms with Crippen molar-refractivity contribution in [1.29, 1.82) is 0 Å². The Kier molecular flexibility index (Phi) is 4.63. The van der Waals surface area contributed by atoms with Gasteiger partial charge in [-0.2, -0.15) is 5.10 Å². The van der Waals surface area contributed by atoms with Crippen LogP contribution in [0.3, 0.4) is 0 Å². The number of rotatable bonds is 5. The second-order valence-electron chi connectivity index (χ2n) is 4.70. The second-order valence-corrected chi connectivity index (χ2v) is 4.70. The van der Waals surface area contributed by atoms with Crippen LogP contribution in [0, 0.1) is 17.0 Å². The maximum Gasteiger partial charge on any atom is 0.276 e. The van der Waals surface area contributed by atoms with Crippen molar-refractivity contribution in [1.82, 2.24) is 9.78 Å². The molecule has 0 atom stereocenters. The number of benzene rings is 1. The molecule has 6 nitrogen and oxygen atoms in total. The molecule has 0 aliphatic carbocycles. The normalized spacial score (nSPS) is 11.4. The van der Waals surface area contributed by atoms with Crippen molar-refractivity contribution in [2.24, 2.45) is 7.05 Å². The molecule has 0 aliphatic heterocycles. The quantitative estimate of drug-likeness (QED) is 0.279. The molecule has 0 radical (unpaired) electrons. The zero-order valence-corrected chi connectivity index (χ0v) is 12.3. The van der Waals surface area contributed by atoms with Crippen LogP contribution in [0.2, 0.25) is 0 Å². The molecule has 1 aromatic carbocycles. The zero-order valence-electron chi connectivity index (χ0n) is 12.3. The predicted molar refractivity (Wildman–Crippen MR) is 83.5 cm³/mol. The summed E-state index contributed by atoms with van der Waals surface area (Å²) >= 11 is 0. The number of aromatic nitrogens is 2. The molecule has 0 N–H and O–H groups in total. The summed E-state index contributed by atoms with van der Waals surface area (Å²) in [5.74, 6) is -0.155. The number of ketones is 1. The number of carbonyl (C=O) groups is 1. The minimum atomic E-state index is -0.437. The van der Waals surface area contributed by atoms with Gasteiger partial charge in [0.15, 0.2) is 5.78 Å². The molecule has 2 aromatic rings. The Balaban J connectivity index is 2.11. The van der Waals surface area contributed by atoms with E-state index in [1.54, 1.807) is 61.3 Å². The Morgan fingerprint density at radius 3 is 2.68 bits per heavy atom. The summed E-state index contributed by atoms with van der Waals surface area (Å²) < 4.78 is 1.58. The summed E-state index contributed by atoms with van der Waals surface area (Å²) in [5, 5.41) is 15.0. The van der Waals surface area contributed by atoms with Crippen LogP contribution in [-0.2, 0) is 7.05 Å². The van der Waals surface area contributed by atoms with E-state index in [-0.39, 0.29) is 11.5 Å². The van der Waals surface area contributed by atoms with Gasteiger partial charge in [-0.3, -0.25) is 19.6 Å². The van der Waals surface area contributed by atoms with Gasteiger partial charge >= 0.3 is 0 Å². The number of carbonyl (C=O) groups excluding carboxylic acids is 1. The molecule has 0 spiro atoms. The van der Waals surface area contributed by atoms with E-state index >= 15 is 0 Å². The summed E-state index contributed by atoms with van der Waals surface area (Å²) in [6.07, 6.45) is 7.83. The molecular weight excluding hydrogens is 282 g/mol. The smallest absolute Gasteiger partial charge is 0.276 e. The standard InChI is InChI=1S/C16H15N3O3/c1-12-14(11-18(2)17-12)16(20)10-6-4-8-13-7-3-5-9-15(13)19(21)22/h3-11H,1-2H3/b8-4+,10-6+. The summed E-state index contributed by atoms with van der Waals surface area (Å²) in [6.45, 7) is 1.77. The van der Waals surface area contributed by atoms with Crippen molar-refractivity contribution >= 4 is 17.5 Å². The maximum atomic E-state index is 12.0. The second kappa shape index (κ2) is 6.62. The van der Waals surface area contributed by atoms with E-state index in [2.05, 4.69) is 5.10 Å². The summed E-state index contributed by atoms with van der Waals surface area (Å²) in [4.78, 5) is 22.4. The van der Waals surface area contributed by atoms with Crippen LogP contribution in [0.4, 0.5) is 5.69 Å². The number of allylic oxidation sites excluding steroid dienone is 3. The van der Waals surface area contributed by atoms with Crippen molar-refractivity contribution in [2.45, 2.75) is 6.92 Å². The molecule has 0 unspecified atom stereocenters. The molecule has 1 aromatic heterocycles. The predicted octanol–water partition coefficient (Wildman–Crippen LogP) is 3.09. The van der Waals surface area contributed by atoms with Gasteiger partial charge in [-0.25, -0.2) is 0 Å². The van der Waals surface area contributed by atoms with Gasteiger partial charge in [-0.15, -0.1) is 0 Å². The van der Waals surface area contributed by atoms with Crippen molar-refractivity contribution in [3.05, 3.63) is 75.6 Å². The Morgan fingerprint density at radius 1 is 1.32 bits per heavy atom. The van der Waals surface area contributed by atoms with Crippen LogP contribution < -0.4 is 0 Å². The van der Waals surface area contributed by atoms with Crippen LogP contribution in [0.5, 0.6) is 0 Å². The Hall–Kier alpha value is -3.02. The third kappa shape index (κ3) is 3.54. The van der Waals surface area contributed by atoms with Gasteiger partial charge in [0.2, 0.25) is 0 Å². The highest BCUT2D eigenvalue weighted by Gasteiger charge is 2.10. The number of hydrogen-bond donors (Lipinski definition) is 0. The lowest BCUT2D eigenvalue weighted by atomic mass is 10.1. The lowest BCUT2D eigenvalue weighted by molar-refractivity contribution is -0.385. The molecule has 2 rings (SSSR count). The Morgan fingerprint density at radius 2 is 2.05 bits per heavy atom. The average molecular weight is 297 g/mol. The van der Waals surface area contributed by atoms with Crippen LogP contribution >= 0.6 is 0 Å². The van der Waals surface area contributed by atoms with Crippen molar-refractivity contribution in [2.75, 3.05) is 0 Å². The number of hydrogen-bond acceptors (Lipinski definition) is 4. The van der Waals surface area contributed by atoms with Crippen LogP contribution in [0.15, 0.2) is 48.7 Å². The molecule has 1 heterocycles. The fourth-order valence-electron chi connectivity index (χ4n) is 2.03. The molecular formula is C16H15N3O3. The molecule has 6 heteroatoms. The number of nitro groups is 1. The van der Waals surface area contributed by atoms with Crippen LogP contribution in [0.25, 0.3) is 6.08 Å².